The van der Waals surface area contributed by atoms with Gasteiger partial charge in [0.25, 0.3) is 0 Å². The number of nitrogens with zero attached hydrogens (tertiary/aromatic N) is 2. The Morgan fingerprint density at radius 3 is 1.47 bits per heavy atom. The van der Waals surface area contributed by atoms with Crippen molar-refractivity contribution in [1.82, 2.24) is 9.80 Å². The minimum absolute atomic E-state index is 0.299. The molecule has 0 spiro atoms. The van der Waals surface area contributed by atoms with Crippen LogP contribution in [-0.4, -0.2) is 74.5 Å². The second kappa shape index (κ2) is 18.1. The van der Waals surface area contributed by atoms with Crippen molar-refractivity contribution in [2.75, 3.05) is 63.2 Å². The van der Waals surface area contributed by atoms with Gasteiger partial charge < -0.3 is 29.9 Å². The van der Waals surface area contributed by atoms with Crippen LogP contribution in [0.4, 0.5) is 29.7 Å². The van der Waals surface area contributed by atoms with Gasteiger partial charge in [0, 0.05) is 37.6 Å². The molecular formula is C28H40F2N4O4. The van der Waals surface area contributed by atoms with Gasteiger partial charge in [-0.1, -0.05) is 38.8 Å². The SMILES string of the molecule is CCCCN(CCOCCOCCN(CCCC)C(=O)Nc1cccc(F)c1)C(=O)Nc1cccc(F)c1. The highest BCUT2D eigenvalue weighted by atomic mass is 19.1. The standard InChI is InChI=1S/C28H40F2N4O4/c1-3-5-13-33(27(35)31-25-11-7-9-23(29)21-25)15-17-37-19-20-38-18-16-34(14-6-4-2)28(36)32-26-12-8-10-24(30)22-26/h7-12,21-22H,3-6,13-20H2,1-2H3,(H,31,35)(H,32,36). The molecule has 8 nitrogen and oxygen atoms in total. The van der Waals surface area contributed by atoms with Gasteiger partial charge in [0.05, 0.1) is 26.4 Å². The van der Waals surface area contributed by atoms with Crippen molar-refractivity contribution in [1.29, 1.82) is 0 Å². The Morgan fingerprint density at radius 2 is 1.11 bits per heavy atom. The Balaban J connectivity index is 1.68. The van der Waals surface area contributed by atoms with E-state index in [2.05, 4.69) is 10.6 Å². The first-order valence-electron chi connectivity index (χ1n) is 13.2. The van der Waals surface area contributed by atoms with Crippen molar-refractivity contribution >= 4 is 23.4 Å². The van der Waals surface area contributed by atoms with Crippen LogP contribution in [0, 0.1) is 11.6 Å². The summed E-state index contributed by atoms with van der Waals surface area (Å²) in [6.45, 7) is 7.39. The van der Waals surface area contributed by atoms with Crippen molar-refractivity contribution in [3.63, 3.8) is 0 Å². The smallest absolute Gasteiger partial charge is 0.321 e. The molecule has 4 amide bonds. The van der Waals surface area contributed by atoms with E-state index in [1.54, 1.807) is 34.1 Å². The molecule has 0 saturated heterocycles. The van der Waals surface area contributed by atoms with Crippen LogP contribution in [0.15, 0.2) is 48.5 Å². The Bertz CT molecular complexity index is 902. The average Bonchev–Trinajstić information content (AvgIpc) is 2.89. The van der Waals surface area contributed by atoms with Gasteiger partial charge in [-0.3, -0.25) is 0 Å². The number of benzene rings is 2. The summed E-state index contributed by atoms with van der Waals surface area (Å²) in [5.74, 6) is -0.820. The molecule has 2 aromatic rings. The number of halogens is 2. The Kier molecular flexibility index (Phi) is 14.7. The zero-order chi connectivity index (χ0) is 27.6. The van der Waals surface area contributed by atoms with Gasteiger partial charge in [0.1, 0.15) is 11.6 Å². The van der Waals surface area contributed by atoms with Crippen LogP contribution in [-0.2, 0) is 9.47 Å². The van der Waals surface area contributed by atoms with E-state index in [0.717, 1.165) is 25.7 Å². The Labute approximate surface area is 224 Å². The molecule has 0 bridgehead atoms. The molecule has 0 fully saturated rings. The molecule has 0 saturated carbocycles. The number of anilines is 2. The second-order valence-electron chi connectivity index (χ2n) is 8.79. The fourth-order valence-corrected chi connectivity index (χ4v) is 3.54. The van der Waals surface area contributed by atoms with E-state index >= 15 is 0 Å². The molecular weight excluding hydrogens is 494 g/mol. The predicted octanol–water partition coefficient (Wildman–Crippen LogP) is 5.97. The van der Waals surface area contributed by atoms with Crippen molar-refractivity contribution in [3.8, 4) is 0 Å². The van der Waals surface area contributed by atoms with Gasteiger partial charge in [-0.25, -0.2) is 18.4 Å². The lowest BCUT2D eigenvalue weighted by atomic mass is 10.3. The van der Waals surface area contributed by atoms with E-state index in [-0.39, 0.29) is 12.1 Å². The summed E-state index contributed by atoms with van der Waals surface area (Å²) in [5, 5.41) is 5.45. The number of unbranched alkanes of at least 4 members (excludes halogenated alkanes) is 2. The Hall–Kier alpha value is -3.24. The van der Waals surface area contributed by atoms with Crippen LogP contribution in [0.25, 0.3) is 0 Å². The number of hydrogen-bond acceptors (Lipinski definition) is 4. The molecule has 0 aliphatic carbocycles. The molecule has 0 heterocycles. The summed E-state index contributed by atoms with van der Waals surface area (Å²) in [6, 6.07) is 11.0. The second-order valence-corrected chi connectivity index (χ2v) is 8.79. The lowest BCUT2D eigenvalue weighted by Crippen LogP contribution is -2.38. The summed E-state index contributed by atoms with van der Waals surface area (Å²) in [7, 11) is 0. The Morgan fingerprint density at radius 1 is 0.684 bits per heavy atom. The fourth-order valence-electron chi connectivity index (χ4n) is 3.54. The molecule has 2 aromatic carbocycles. The molecule has 10 heteroatoms. The fraction of sp³-hybridized carbons (Fsp3) is 0.500. The molecule has 0 aromatic heterocycles. The van der Waals surface area contributed by atoms with E-state index in [4.69, 9.17) is 9.47 Å². The third-order valence-corrected chi connectivity index (χ3v) is 5.67. The van der Waals surface area contributed by atoms with E-state index < -0.39 is 11.6 Å². The summed E-state index contributed by atoms with van der Waals surface area (Å²) in [6.07, 6.45) is 3.57. The van der Waals surface area contributed by atoms with Gasteiger partial charge in [-0.05, 0) is 49.2 Å². The number of ether oxygens (including phenoxy) is 2. The summed E-state index contributed by atoms with van der Waals surface area (Å²) >= 11 is 0. The molecule has 0 radical (unpaired) electrons. The van der Waals surface area contributed by atoms with Crippen LogP contribution in [0.5, 0.6) is 0 Å². The maximum absolute atomic E-state index is 13.4. The minimum atomic E-state index is -0.410. The summed E-state index contributed by atoms with van der Waals surface area (Å²) in [4.78, 5) is 28.5. The zero-order valence-electron chi connectivity index (χ0n) is 22.4. The number of hydrogen-bond donors (Lipinski definition) is 2. The quantitative estimate of drug-likeness (QED) is 0.245. The first kappa shape index (κ1) is 31.0. The first-order valence-corrected chi connectivity index (χ1v) is 13.2. The molecule has 38 heavy (non-hydrogen) atoms. The first-order chi connectivity index (χ1) is 18.4. The highest BCUT2D eigenvalue weighted by molar-refractivity contribution is 5.89. The number of carbonyl (C=O) groups excluding carboxylic acids is 2. The highest BCUT2D eigenvalue weighted by Gasteiger charge is 2.15. The number of amides is 4. The van der Waals surface area contributed by atoms with Gasteiger partial charge in [0.2, 0.25) is 0 Å². The average molecular weight is 535 g/mol. The summed E-state index contributed by atoms with van der Waals surface area (Å²) < 4.78 is 38.1. The third kappa shape index (κ3) is 12.3. The van der Waals surface area contributed by atoms with E-state index in [9.17, 15) is 18.4 Å². The largest absolute Gasteiger partial charge is 0.377 e. The van der Waals surface area contributed by atoms with Crippen LogP contribution in [0.2, 0.25) is 0 Å². The van der Waals surface area contributed by atoms with E-state index in [0.29, 0.717) is 64.0 Å². The lowest BCUT2D eigenvalue weighted by molar-refractivity contribution is 0.0371. The third-order valence-electron chi connectivity index (χ3n) is 5.67. The predicted molar refractivity (Wildman–Crippen MR) is 145 cm³/mol. The van der Waals surface area contributed by atoms with Gasteiger partial charge in [-0.15, -0.1) is 0 Å². The van der Waals surface area contributed by atoms with Crippen LogP contribution in [0.3, 0.4) is 0 Å². The zero-order valence-corrected chi connectivity index (χ0v) is 22.4. The molecule has 0 aliphatic heterocycles. The van der Waals surface area contributed by atoms with Gasteiger partial charge in [-0.2, -0.15) is 0 Å². The monoisotopic (exact) mass is 534 g/mol. The molecule has 210 valence electrons. The lowest BCUT2D eigenvalue weighted by Gasteiger charge is -2.23. The van der Waals surface area contributed by atoms with Crippen LogP contribution < -0.4 is 10.6 Å². The highest BCUT2D eigenvalue weighted by Crippen LogP contribution is 2.12. The molecule has 0 aliphatic rings. The van der Waals surface area contributed by atoms with Gasteiger partial charge >= 0.3 is 12.1 Å². The number of carbonyl (C=O) groups is 2. The topological polar surface area (TPSA) is 83.1 Å². The normalized spacial score (nSPS) is 10.7. The maximum atomic E-state index is 13.4. The van der Waals surface area contributed by atoms with E-state index in [1.807, 2.05) is 13.8 Å². The number of urea groups is 2. The molecule has 0 atom stereocenters. The van der Waals surface area contributed by atoms with Crippen molar-refractivity contribution in [2.45, 2.75) is 39.5 Å². The molecule has 0 unspecified atom stereocenters. The minimum Gasteiger partial charge on any atom is -0.377 e. The van der Waals surface area contributed by atoms with Crippen LogP contribution in [0.1, 0.15) is 39.5 Å². The molecule has 2 rings (SSSR count). The van der Waals surface area contributed by atoms with Crippen molar-refractivity contribution in [3.05, 3.63) is 60.2 Å². The van der Waals surface area contributed by atoms with Gasteiger partial charge in [0.15, 0.2) is 0 Å². The summed E-state index contributed by atoms with van der Waals surface area (Å²) in [5.41, 5.74) is 0.812. The van der Waals surface area contributed by atoms with Crippen LogP contribution >= 0.6 is 0 Å². The van der Waals surface area contributed by atoms with Crippen molar-refractivity contribution < 1.29 is 27.8 Å². The maximum Gasteiger partial charge on any atom is 0.321 e. The molecule has 2 N–H and O–H groups in total. The van der Waals surface area contributed by atoms with E-state index in [1.165, 1.54) is 24.3 Å². The number of nitrogens with one attached hydrogen (secondary N) is 2. The number of rotatable bonds is 17. The van der Waals surface area contributed by atoms with Crippen molar-refractivity contribution in [2.24, 2.45) is 0 Å².